The Kier molecular flexibility index (Phi) is 8.82. The smallest absolute Gasteiger partial charge is 0.251 e. The highest BCUT2D eigenvalue weighted by molar-refractivity contribution is 6.74. The lowest BCUT2D eigenvalue weighted by Crippen LogP contribution is -2.42. The van der Waals surface area contributed by atoms with Crippen molar-refractivity contribution >= 4 is 36.8 Å². The molecule has 8 nitrogen and oxygen atoms in total. The topological polar surface area (TPSA) is 88.6 Å². The molecule has 2 aromatic carbocycles. The van der Waals surface area contributed by atoms with Crippen LogP contribution in [0.4, 0.5) is 20.3 Å². The predicted octanol–water partition coefficient (Wildman–Crippen LogP) is 5.11. The Labute approximate surface area is 229 Å². The second kappa shape index (κ2) is 11.9. The van der Waals surface area contributed by atoms with Gasteiger partial charge in [0.05, 0.1) is 37.2 Å². The zero-order chi connectivity index (χ0) is 28.2. The van der Waals surface area contributed by atoms with Gasteiger partial charge in [0, 0.05) is 37.8 Å². The number of carbonyl (C=O) groups is 1. The van der Waals surface area contributed by atoms with Crippen LogP contribution in [0.5, 0.6) is 0 Å². The maximum Gasteiger partial charge on any atom is 0.251 e. The highest BCUT2D eigenvalue weighted by atomic mass is 28.4. The third kappa shape index (κ3) is 7.28. The number of morpholine rings is 1. The van der Waals surface area contributed by atoms with E-state index in [9.17, 15) is 13.6 Å². The van der Waals surface area contributed by atoms with Gasteiger partial charge in [-0.1, -0.05) is 20.8 Å². The van der Waals surface area contributed by atoms with Gasteiger partial charge in [0.15, 0.2) is 8.32 Å². The first kappa shape index (κ1) is 28.8. The second-order valence-corrected chi connectivity index (χ2v) is 16.0. The van der Waals surface area contributed by atoms with Crippen molar-refractivity contribution in [2.45, 2.75) is 45.4 Å². The van der Waals surface area contributed by atoms with Gasteiger partial charge in [-0.15, -0.1) is 0 Å². The molecule has 0 bridgehead atoms. The Morgan fingerprint density at radius 1 is 1.10 bits per heavy atom. The Bertz CT molecular complexity index is 1310. The van der Waals surface area contributed by atoms with E-state index in [-0.39, 0.29) is 17.5 Å². The molecular weight excluding hydrogens is 520 g/mol. The zero-order valence-electron chi connectivity index (χ0n) is 23.2. The van der Waals surface area contributed by atoms with Crippen molar-refractivity contribution in [3.63, 3.8) is 0 Å². The number of aromatic nitrogens is 2. The van der Waals surface area contributed by atoms with Crippen molar-refractivity contribution in [2.75, 3.05) is 49.7 Å². The lowest BCUT2D eigenvalue weighted by Gasteiger charge is -2.36. The zero-order valence-corrected chi connectivity index (χ0v) is 24.2. The molecule has 39 heavy (non-hydrogen) atoms. The van der Waals surface area contributed by atoms with Crippen molar-refractivity contribution in [2.24, 2.45) is 0 Å². The van der Waals surface area contributed by atoms with Crippen LogP contribution < -0.4 is 15.5 Å². The van der Waals surface area contributed by atoms with E-state index in [1.165, 1.54) is 12.1 Å². The summed E-state index contributed by atoms with van der Waals surface area (Å²) in [6, 6.07) is 6.76. The molecule has 0 radical (unpaired) electrons. The molecule has 1 amide bonds. The van der Waals surface area contributed by atoms with Crippen LogP contribution in [0, 0.1) is 11.6 Å². The third-order valence-corrected chi connectivity index (χ3v) is 11.8. The second-order valence-electron chi connectivity index (χ2n) is 11.2. The van der Waals surface area contributed by atoms with Crippen molar-refractivity contribution < 1.29 is 22.7 Å². The highest BCUT2D eigenvalue weighted by Gasteiger charge is 2.36. The molecule has 1 aliphatic heterocycles. The van der Waals surface area contributed by atoms with Crippen LogP contribution in [0.3, 0.4) is 0 Å². The number of nitrogens with zero attached hydrogens (tertiary/aromatic N) is 3. The van der Waals surface area contributed by atoms with Crippen LogP contribution in [0.2, 0.25) is 18.1 Å². The van der Waals surface area contributed by atoms with Crippen molar-refractivity contribution in [3.8, 4) is 0 Å². The van der Waals surface area contributed by atoms with E-state index in [0.717, 1.165) is 6.07 Å². The summed E-state index contributed by atoms with van der Waals surface area (Å²) in [5, 5.41) is 6.22. The molecule has 0 saturated carbocycles. The average Bonchev–Trinajstić information content (AvgIpc) is 2.88. The molecule has 1 fully saturated rings. The molecule has 3 aromatic rings. The summed E-state index contributed by atoms with van der Waals surface area (Å²) in [4.78, 5) is 24.6. The summed E-state index contributed by atoms with van der Waals surface area (Å²) in [5.41, 5.74) is 2.47. The summed E-state index contributed by atoms with van der Waals surface area (Å²) in [6.45, 7) is 14.4. The summed E-state index contributed by atoms with van der Waals surface area (Å²) in [7, 11) is -1.92. The van der Waals surface area contributed by atoms with Gasteiger partial charge in [-0.05, 0) is 48.0 Å². The first-order valence-corrected chi connectivity index (χ1v) is 16.1. The van der Waals surface area contributed by atoms with E-state index in [4.69, 9.17) is 14.1 Å². The van der Waals surface area contributed by atoms with Crippen LogP contribution in [0.15, 0.2) is 36.5 Å². The molecule has 2 N–H and O–H groups in total. The first-order chi connectivity index (χ1) is 18.4. The van der Waals surface area contributed by atoms with E-state index >= 15 is 0 Å². The number of benzene rings is 2. The molecule has 1 saturated heterocycles. The normalized spacial score (nSPS) is 14.5. The minimum absolute atomic E-state index is 0.0826. The molecule has 1 aliphatic rings. The van der Waals surface area contributed by atoms with Gasteiger partial charge < -0.3 is 24.7 Å². The van der Waals surface area contributed by atoms with Gasteiger partial charge in [-0.3, -0.25) is 9.78 Å². The van der Waals surface area contributed by atoms with E-state index in [1.54, 1.807) is 18.3 Å². The third-order valence-electron chi connectivity index (χ3n) is 7.29. The summed E-state index contributed by atoms with van der Waals surface area (Å²) >= 11 is 0. The van der Waals surface area contributed by atoms with Gasteiger partial charge >= 0.3 is 0 Å². The lowest BCUT2D eigenvalue weighted by atomic mass is 10.1. The minimum atomic E-state index is -1.92. The molecule has 0 unspecified atom stereocenters. The fraction of sp³-hybridized carbons (Fsp3) is 0.464. The Balaban J connectivity index is 1.56. The lowest BCUT2D eigenvalue weighted by molar-refractivity contribution is 0.0946. The number of carbonyl (C=O) groups excluding carboxylic acids is 1. The highest BCUT2D eigenvalue weighted by Crippen LogP contribution is 2.36. The van der Waals surface area contributed by atoms with E-state index < -0.39 is 20.0 Å². The van der Waals surface area contributed by atoms with E-state index in [2.05, 4.69) is 54.4 Å². The standard InChI is InChI=1S/C28H37F2N5O3Si/c1-28(2,3)39(4,5)38-9-6-31-27(36)20-14-23(32-17-19-12-21(29)16-22(30)13-19)26-24(15-20)33-18-25(34-26)35-7-10-37-11-8-35/h12-16,18,32H,6-11,17H2,1-5H3,(H,31,36). The number of hydrogen-bond acceptors (Lipinski definition) is 7. The summed E-state index contributed by atoms with van der Waals surface area (Å²) < 4.78 is 39.1. The number of halogens is 2. The number of amides is 1. The Morgan fingerprint density at radius 2 is 1.79 bits per heavy atom. The Morgan fingerprint density at radius 3 is 2.46 bits per heavy atom. The quantitative estimate of drug-likeness (QED) is 0.279. The minimum Gasteiger partial charge on any atom is -0.415 e. The van der Waals surface area contributed by atoms with Crippen molar-refractivity contribution in [1.82, 2.24) is 15.3 Å². The van der Waals surface area contributed by atoms with Gasteiger partial charge in [-0.25, -0.2) is 13.8 Å². The van der Waals surface area contributed by atoms with Gasteiger partial charge in [0.1, 0.15) is 23.0 Å². The van der Waals surface area contributed by atoms with Crippen LogP contribution in [-0.4, -0.2) is 63.6 Å². The number of rotatable bonds is 9. The van der Waals surface area contributed by atoms with E-state index in [0.29, 0.717) is 73.1 Å². The maximum atomic E-state index is 13.8. The van der Waals surface area contributed by atoms with Crippen LogP contribution in [0.1, 0.15) is 36.7 Å². The molecule has 210 valence electrons. The summed E-state index contributed by atoms with van der Waals surface area (Å²) in [6.07, 6.45) is 1.69. The average molecular weight is 558 g/mol. The number of anilines is 2. The van der Waals surface area contributed by atoms with E-state index in [1.807, 2.05) is 0 Å². The van der Waals surface area contributed by atoms with Crippen LogP contribution in [0.25, 0.3) is 11.0 Å². The van der Waals surface area contributed by atoms with Crippen LogP contribution >= 0.6 is 0 Å². The first-order valence-electron chi connectivity index (χ1n) is 13.2. The largest absolute Gasteiger partial charge is 0.415 e. The Hall–Kier alpha value is -3.15. The summed E-state index contributed by atoms with van der Waals surface area (Å²) in [5.74, 6) is -0.876. The van der Waals surface area contributed by atoms with Crippen molar-refractivity contribution in [1.29, 1.82) is 0 Å². The fourth-order valence-corrected chi connectivity index (χ4v) is 5.06. The monoisotopic (exact) mass is 557 g/mol. The number of nitrogens with one attached hydrogen (secondary N) is 2. The predicted molar refractivity (Wildman–Crippen MR) is 152 cm³/mol. The number of fused-ring (bicyclic) bond motifs is 1. The molecule has 1 aromatic heterocycles. The molecule has 0 spiro atoms. The molecule has 0 atom stereocenters. The molecule has 2 heterocycles. The number of hydrogen-bond donors (Lipinski definition) is 2. The fourth-order valence-electron chi connectivity index (χ4n) is 4.02. The van der Waals surface area contributed by atoms with Gasteiger partial charge in [0.25, 0.3) is 5.91 Å². The molecule has 0 aliphatic carbocycles. The molecule has 11 heteroatoms. The van der Waals surface area contributed by atoms with Crippen molar-refractivity contribution in [3.05, 3.63) is 59.3 Å². The van der Waals surface area contributed by atoms with Gasteiger partial charge in [-0.2, -0.15) is 0 Å². The number of ether oxygens (including phenoxy) is 1. The van der Waals surface area contributed by atoms with Gasteiger partial charge in [0.2, 0.25) is 0 Å². The molecular formula is C28H37F2N5O3Si. The SMILES string of the molecule is CC(C)(C)[Si](C)(C)OCCNC(=O)c1cc(NCc2cc(F)cc(F)c2)c2nc(N3CCOCC3)cnc2c1. The molecule has 4 rings (SSSR count). The maximum absolute atomic E-state index is 13.8. The van der Waals surface area contributed by atoms with Crippen LogP contribution in [-0.2, 0) is 15.7 Å².